The first-order valence-electron chi connectivity index (χ1n) is 7.78. The fourth-order valence-electron chi connectivity index (χ4n) is 3.48. The molecule has 23 heavy (non-hydrogen) atoms. The molecule has 2 aliphatic heterocycles. The lowest BCUT2D eigenvalue weighted by Gasteiger charge is -2.42. The zero-order chi connectivity index (χ0) is 17.3. The molecular weight excluding hydrogens is 308 g/mol. The lowest BCUT2D eigenvalue weighted by atomic mass is 9.77. The van der Waals surface area contributed by atoms with Gasteiger partial charge in [-0.1, -0.05) is 0 Å². The first kappa shape index (κ1) is 18.1. The van der Waals surface area contributed by atoms with E-state index in [9.17, 15) is 18.4 Å². The van der Waals surface area contributed by atoms with Crippen LogP contribution >= 0.6 is 0 Å². The number of hydrogen-bond acceptors (Lipinski definition) is 4. The summed E-state index contributed by atoms with van der Waals surface area (Å²) in [7, 11) is 4.72. The van der Waals surface area contributed by atoms with E-state index in [1.54, 1.807) is 26.1 Å². The molecule has 1 spiro atoms. The standard InChI is InChI=1S/C15H25F2N3O3/c1-18(2)12(21)8-19-10-14(9-15(16,17)11-19)4-5-20(13(14)22)6-7-23-3/h4-11H2,1-3H3. The molecule has 2 saturated heterocycles. The lowest BCUT2D eigenvalue weighted by Crippen LogP contribution is -2.57. The number of halogens is 2. The summed E-state index contributed by atoms with van der Waals surface area (Å²) in [6.45, 7) is 0.925. The molecule has 0 radical (unpaired) electrons. The number of carbonyl (C=O) groups excluding carboxylic acids is 2. The van der Waals surface area contributed by atoms with Crippen molar-refractivity contribution in [2.24, 2.45) is 5.41 Å². The van der Waals surface area contributed by atoms with Gasteiger partial charge in [-0.2, -0.15) is 0 Å². The molecule has 6 nitrogen and oxygen atoms in total. The van der Waals surface area contributed by atoms with Gasteiger partial charge in [-0.05, 0) is 6.42 Å². The number of methoxy groups -OCH3 is 1. The molecule has 2 heterocycles. The summed E-state index contributed by atoms with van der Waals surface area (Å²) in [5, 5.41) is 0. The molecule has 2 amide bonds. The molecule has 132 valence electrons. The number of alkyl halides is 2. The second-order valence-electron chi connectivity index (χ2n) is 6.78. The minimum Gasteiger partial charge on any atom is -0.383 e. The van der Waals surface area contributed by atoms with E-state index in [1.165, 1.54) is 9.80 Å². The smallest absolute Gasteiger partial charge is 0.261 e. The molecule has 0 N–H and O–H groups in total. The molecule has 1 unspecified atom stereocenters. The predicted molar refractivity (Wildman–Crippen MR) is 80.2 cm³/mol. The highest BCUT2D eigenvalue weighted by molar-refractivity contribution is 5.85. The minimum atomic E-state index is -2.96. The van der Waals surface area contributed by atoms with E-state index < -0.39 is 24.3 Å². The minimum absolute atomic E-state index is 0.0876. The van der Waals surface area contributed by atoms with Crippen molar-refractivity contribution in [3.63, 3.8) is 0 Å². The fourth-order valence-corrected chi connectivity index (χ4v) is 3.48. The van der Waals surface area contributed by atoms with Crippen molar-refractivity contribution in [2.45, 2.75) is 18.8 Å². The zero-order valence-corrected chi connectivity index (χ0v) is 14.0. The van der Waals surface area contributed by atoms with Crippen LogP contribution in [0.4, 0.5) is 8.78 Å². The number of nitrogens with zero attached hydrogens (tertiary/aromatic N) is 3. The van der Waals surface area contributed by atoms with Crippen LogP contribution in [0, 0.1) is 5.41 Å². The molecule has 0 aromatic heterocycles. The fraction of sp³-hybridized carbons (Fsp3) is 0.867. The third kappa shape index (κ3) is 3.98. The van der Waals surface area contributed by atoms with Gasteiger partial charge in [0.25, 0.3) is 5.92 Å². The number of likely N-dealkylation sites (N-methyl/N-ethyl adjacent to an activating group) is 1. The van der Waals surface area contributed by atoms with E-state index in [1.807, 2.05) is 0 Å². The van der Waals surface area contributed by atoms with E-state index in [-0.39, 0.29) is 24.9 Å². The van der Waals surface area contributed by atoms with Crippen molar-refractivity contribution >= 4 is 11.8 Å². The second-order valence-corrected chi connectivity index (χ2v) is 6.78. The van der Waals surface area contributed by atoms with Crippen LogP contribution in [0.15, 0.2) is 0 Å². The Hall–Kier alpha value is -1.28. The number of carbonyl (C=O) groups is 2. The van der Waals surface area contributed by atoms with Gasteiger partial charge in [0.15, 0.2) is 0 Å². The second kappa shape index (κ2) is 6.68. The van der Waals surface area contributed by atoms with Crippen molar-refractivity contribution in [1.82, 2.24) is 14.7 Å². The summed E-state index contributed by atoms with van der Waals surface area (Å²) < 4.78 is 33.4. The molecule has 0 saturated carbocycles. The van der Waals surface area contributed by atoms with E-state index in [2.05, 4.69) is 0 Å². The number of likely N-dealkylation sites (tertiary alicyclic amines) is 2. The van der Waals surface area contributed by atoms with Crippen LogP contribution in [0.3, 0.4) is 0 Å². The molecule has 2 aliphatic rings. The number of hydrogen-bond donors (Lipinski definition) is 0. The van der Waals surface area contributed by atoms with Crippen LogP contribution in [0.25, 0.3) is 0 Å². The third-order valence-electron chi connectivity index (χ3n) is 4.60. The Morgan fingerprint density at radius 3 is 2.65 bits per heavy atom. The van der Waals surface area contributed by atoms with E-state index in [0.29, 0.717) is 26.1 Å². The molecule has 0 bridgehead atoms. The van der Waals surface area contributed by atoms with Gasteiger partial charge in [0.2, 0.25) is 11.8 Å². The first-order valence-corrected chi connectivity index (χ1v) is 7.78. The highest BCUT2D eigenvalue weighted by Gasteiger charge is 2.56. The normalized spacial score (nSPS) is 27.7. The highest BCUT2D eigenvalue weighted by atomic mass is 19.3. The maximum atomic E-state index is 14.2. The van der Waals surface area contributed by atoms with Crippen molar-refractivity contribution in [1.29, 1.82) is 0 Å². The number of piperidine rings is 1. The first-order chi connectivity index (χ1) is 10.7. The largest absolute Gasteiger partial charge is 0.383 e. The Morgan fingerprint density at radius 1 is 1.35 bits per heavy atom. The molecular formula is C15H25F2N3O3. The predicted octanol–water partition coefficient (Wildman–Crippen LogP) is 0.281. The lowest BCUT2D eigenvalue weighted by molar-refractivity contribution is -0.157. The Kier molecular flexibility index (Phi) is 5.25. The Morgan fingerprint density at radius 2 is 2.04 bits per heavy atom. The average Bonchev–Trinajstić information content (AvgIpc) is 2.71. The van der Waals surface area contributed by atoms with Crippen molar-refractivity contribution in [3.8, 4) is 0 Å². The van der Waals surface area contributed by atoms with Crippen LogP contribution in [0.5, 0.6) is 0 Å². The number of ether oxygens (including phenoxy) is 1. The maximum Gasteiger partial charge on any atom is 0.261 e. The summed E-state index contributed by atoms with van der Waals surface area (Å²) in [6.07, 6.45) is -0.0350. The quantitative estimate of drug-likeness (QED) is 0.725. The Bertz CT molecular complexity index is 473. The van der Waals surface area contributed by atoms with Gasteiger partial charge in [0.05, 0.1) is 25.1 Å². The Labute approximate surface area is 135 Å². The van der Waals surface area contributed by atoms with E-state index in [4.69, 9.17) is 4.74 Å². The molecule has 0 aromatic rings. The van der Waals surface area contributed by atoms with Gasteiger partial charge in [0, 0.05) is 47.3 Å². The summed E-state index contributed by atoms with van der Waals surface area (Å²) in [5.74, 6) is -3.44. The van der Waals surface area contributed by atoms with Gasteiger partial charge in [-0.3, -0.25) is 14.5 Å². The average molecular weight is 333 g/mol. The van der Waals surface area contributed by atoms with Crippen molar-refractivity contribution in [2.75, 3.05) is 60.5 Å². The maximum absolute atomic E-state index is 14.2. The van der Waals surface area contributed by atoms with Crippen LogP contribution in [-0.2, 0) is 14.3 Å². The van der Waals surface area contributed by atoms with Crippen molar-refractivity contribution in [3.05, 3.63) is 0 Å². The van der Waals surface area contributed by atoms with Gasteiger partial charge < -0.3 is 14.5 Å². The van der Waals surface area contributed by atoms with Crippen LogP contribution < -0.4 is 0 Å². The van der Waals surface area contributed by atoms with Gasteiger partial charge in [-0.15, -0.1) is 0 Å². The summed E-state index contributed by atoms with van der Waals surface area (Å²) in [4.78, 5) is 28.9. The SMILES string of the molecule is COCCN1CCC2(CN(CC(=O)N(C)C)CC(F)(F)C2)C1=O. The topological polar surface area (TPSA) is 53.1 Å². The van der Waals surface area contributed by atoms with Crippen molar-refractivity contribution < 1.29 is 23.1 Å². The molecule has 1 atom stereocenters. The molecule has 0 aliphatic carbocycles. The molecule has 0 aromatic carbocycles. The van der Waals surface area contributed by atoms with E-state index >= 15 is 0 Å². The summed E-state index contributed by atoms with van der Waals surface area (Å²) >= 11 is 0. The Balaban J connectivity index is 2.12. The number of rotatable bonds is 5. The van der Waals surface area contributed by atoms with Crippen LogP contribution in [0.2, 0.25) is 0 Å². The van der Waals surface area contributed by atoms with Gasteiger partial charge >= 0.3 is 0 Å². The van der Waals surface area contributed by atoms with Gasteiger partial charge in [-0.25, -0.2) is 8.78 Å². The molecule has 8 heteroatoms. The van der Waals surface area contributed by atoms with Gasteiger partial charge in [0.1, 0.15) is 0 Å². The number of amides is 2. The molecule has 2 fully saturated rings. The van der Waals surface area contributed by atoms with Crippen LogP contribution in [-0.4, -0.2) is 93.0 Å². The monoisotopic (exact) mass is 333 g/mol. The third-order valence-corrected chi connectivity index (χ3v) is 4.60. The van der Waals surface area contributed by atoms with Crippen LogP contribution in [0.1, 0.15) is 12.8 Å². The summed E-state index contributed by atoms with van der Waals surface area (Å²) in [6, 6.07) is 0. The van der Waals surface area contributed by atoms with E-state index in [0.717, 1.165) is 0 Å². The zero-order valence-electron chi connectivity index (χ0n) is 14.0. The summed E-state index contributed by atoms with van der Waals surface area (Å²) in [5.41, 5.74) is -1.08. The highest BCUT2D eigenvalue weighted by Crippen LogP contribution is 2.45. The molecule has 2 rings (SSSR count).